The summed E-state index contributed by atoms with van der Waals surface area (Å²) in [5, 5.41) is 0. The molecule has 2 aromatic rings. The Kier molecular flexibility index (Phi) is 3.96. The molecule has 1 saturated heterocycles. The van der Waals surface area contributed by atoms with Crippen molar-refractivity contribution in [3.63, 3.8) is 0 Å². The number of rotatable bonds is 3. The molecule has 0 amide bonds. The Hall–Kier alpha value is -2.00. The first kappa shape index (κ1) is 14.6. The maximum atomic E-state index is 5.72. The summed E-state index contributed by atoms with van der Waals surface area (Å²) in [5.41, 5.74) is 4.07. The normalized spacial score (nSPS) is 19.3. The summed E-state index contributed by atoms with van der Waals surface area (Å²) in [4.78, 5) is 5.06. The van der Waals surface area contributed by atoms with E-state index in [-0.39, 0.29) is 0 Å². The van der Waals surface area contributed by atoms with E-state index in [1.165, 1.54) is 16.8 Å². The number of benzene rings is 2. The smallest absolute Gasteiger partial charge is 0.122 e. The Morgan fingerprint density at radius 3 is 2.52 bits per heavy atom. The molecule has 2 aliphatic heterocycles. The van der Waals surface area contributed by atoms with Crippen LogP contribution in [0.1, 0.15) is 24.1 Å². The predicted octanol–water partition coefficient (Wildman–Crippen LogP) is 3.50. The highest BCUT2D eigenvalue weighted by Gasteiger charge is 2.23. The van der Waals surface area contributed by atoms with E-state index in [2.05, 4.69) is 65.3 Å². The lowest BCUT2D eigenvalue weighted by Gasteiger charge is -2.39. The van der Waals surface area contributed by atoms with Crippen molar-refractivity contribution in [3.8, 4) is 5.75 Å². The van der Waals surface area contributed by atoms with Crippen LogP contribution in [0.3, 0.4) is 0 Å². The van der Waals surface area contributed by atoms with Gasteiger partial charge in [-0.25, -0.2) is 0 Å². The summed E-state index contributed by atoms with van der Waals surface area (Å²) in [6.07, 6.45) is 1.06. The summed E-state index contributed by atoms with van der Waals surface area (Å²) in [6.45, 7) is 7.55. The molecule has 120 valence electrons. The second-order valence-corrected chi connectivity index (χ2v) is 6.50. The molecule has 0 bridgehead atoms. The van der Waals surface area contributed by atoms with Crippen molar-refractivity contribution in [3.05, 3.63) is 59.7 Å². The Labute approximate surface area is 138 Å². The molecule has 1 unspecified atom stereocenters. The summed E-state index contributed by atoms with van der Waals surface area (Å²) < 4.78 is 5.72. The number of hydrogen-bond acceptors (Lipinski definition) is 3. The summed E-state index contributed by atoms with van der Waals surface area (Å²) >= 11 is 0. The highest BCUT2D eigenvalue weighted by Crippen LogP contribution is 2.31. The van der Waals surface area contributed by atoms with Crippen molar-refractivity contribution in [2.75, 3.05) is 37.7 Å². The van der Waals surface area contributed by atoms with Gasteiger partial charge in [-0.15, -0.1) is 0 Å². The molecule has 1 atom stereocenters. The number of hydrogen-bond donors (Lipinski definition) is 0. The van der Waals surface area contributed by atoms with Gasteiger partial charge in [0, 0.05) is 44.3 Å². The zero-order valence-corrected chi connectivity index (χ0v) is 13.7. The van der Waals surface area contributed by atoms with Gasteiger partial charge in [0.15, 0.2) is 0 Å². The van der Waals surface area contributed by atoms with Crippen LogP contribution in [-0.4, -0.2) is 37.7 Å². The van der Waals surface area contributed by atoms with E-state index in [0.29, 0.717) is 6.04 Å². The van der Waals surface area contributed by atoms with Crippen LogP contribution < -0.4 is 9.64 Å². The van der Waals surface area contributed by atoms with Gasteiger partial charge in [-0.1, -0.05) is 30.3 Å². The third-order valence-corrected chi connectivity index (χ3v) is 5.19. The predicted molar refractivity (Wildman–Crippen MR) is 94.3 cm³/mol. The van der Waals surface area contributed by atoms with Gasteiger partial charge in [0.1, 0.15) is 5.75 Å². The summed E-state index contributed by atoms with van der Waals surface area (Å²) in [5.74, 6) is 1.09. The molecule has 0 aromatic heterocycles. The summed E-state index contributed by atoms with van der Waals surface area (Å²) in [6, 6.07) is 17.9. The van der Waals surface area contributed by atoms with Crippen molar-refractivity contribution in [2.24, 2.45) is 0 Å². The van der Waals surface area contributed by atoms with Crippen LogP contribution in [-0.2, 0) is 6.42 Å². The van der Waals surface area contributed by atoms with Crippen molar-refractivity contribution in [1.29, 1.82) is 0 Å². The van der Waals surface area contributed by atoms with Gasteiger partial charge in [-0.3, -0.25) is 4.90 Å². The van der Waals surface area contributed by atoms with Crippen molar-refractivity contribution in [2.45, 2.75) is 19.4 Å². The quantitative estimate of drug-likeness (QED) is 0.863. The van der Waals surface area contributed by atoms with Gasteiger partial charge in [0.2, 0.25) is 0 Å². The van der Waals surface area contributed by atoms with Gasteiger partial charge < -0.3 is 9.64 Å². The average molecular weight is 308 g/mol. The minimum Gasteiger partial charge on any atom is -0.493 e. The molecule has 2 aliphatic rings. The molecule has 0 aliphatic carbocycles. The Balaban J connectivity index is 1.42. The molecule has 2 heterocycles. The van der Waals surface area contributed by atoms with Gasteiger partial charge >= 0.3 is 0 Å². The third-order valence-electron chi connectivity index (χ3n) is 5.19. The molecular weight excluding hydrogens is 284 g/mol. The van der Waals surface area contributed by atoms with E-state index >= 15 is 0 Å². The van der Waals surface area contributed by atoms with E-state index in [0.717, 1.165) is 45.0 Å². The average Bonchev–Trinajstić information content (AvgIpc) is 3.10. The van der Waals surface area contributed by atoms with Gasteiger partial charge in [0.05, 0.1) is 6.61 Å². The minimum absolute atomic E-state index is 0.447. The van der Waals surface area contributed by atoms with E-state index in [1.54, 1.807) is 0 Å². The lowest BCUT2D eigenvalue weighted by atomic mass is 10.0. The molecule has 0 saturated carbocycles. The van der Waals surface area contributed by atoms with Crippen LogP contribution in [0.15, 0.2) is 48.5 Å². The van der Waals surface area contributed by atoms with Crippen molar-refractivity contribution < 1.29 is 4.74 Å². The van der Waals surface area contributed by atoms with Gasteiger partial charge in [-0.2, -0.15) is 0 Å². The van der Waals surface area contributed by atoms with E-state index in [4.69, 9.17) is 4.74 Å². The molecule has 0 spiro atoms. The van der Waals surface area contributed by atoms with Crippen LogP contribution in [0.25, 0.3) is 0 Å². The fourth-order valence-corrected chi connectivity index (χ4v) is 3.66. The van der Waals surface area contributed by atoms with Gasteiger partial charge in [0.25, 0.3) is 0 Å². The van der Waals surface area contributed by atoms with Crippen LogP contribution >= 0.6 is 0 Å². The van der Waals surface area contributed by atoms with E-state index in [1.807, 2.05) is 0 Å². The largest absolute Gasteiger partial charge is 0.493 e. The SMILES string of the molecule is CC(c1ccc2c(c1)OCC2)N1CCN(c2ccccc2)CC1. The van der Waals surface area contributed by atoms with Crippen LogP contribution in [0.2, 0.25) is 0 Å². The topological polar surface area (TPSA) is 15.7 Å². The number of piperazine rings is 1. The van der Waals surface area contributed by atoms with Crippen molar-refractivity contribution in [1.82, 2.24) is 4.90 Å². The minimum atomic E-state index is 0.447. The first-order valence-corrected chi connectivity index (χ1v) is 8.61. The number of para-hydroxylation sites is 1. The lowest BCUT2D eigenvalue weighted by Crippen LogP contribution is -2.47. The van der Waals surface area contributed by atoms with Crippen LogP contribution in [0.5, 0.6) is 5.75 Å². The zero-order valence-electron chi connectivity index (χ0n) is 13.7. The van der Waals surface area contributed by atoms with Crippen molar-refractivity contribution >= 4 is 5.69 Å². The maximum Gasteiger partial charge on any atom is 0.122 e. The Morgan fingerprint density at radius 2 is 1.74 bits per heavy atom. The molecular formula is C20H24N2O. The first-order valence-electron chi connectivity index (χ1n) is 8.61. The lowest BCUT2D eigenvalue weighted by molar-refractivity contribution is 0.198. The highest BCUT2D eigenvalue weighted by molar-refractivity contribution is 5.46. The second kappa shape index (κ2) is 6.25. The number of fused-ring (bicyclic) bond motifs is 1. The molecule has 0 radical (unpaired) electrons. The monoisotopic (exact) mass is 308 g/mol. The third kappa shape index (κ3) is 2.93. The Morgan fingerprint density at radius 1 is 0.957 bits per heavy atom. The summed E-state index contributed by atoms with van der Waals surface area (Å²) in [7, 11) is 0. The number of anilines is 1. The number of ether oxygens (including phenoxy) is 1. The molecule has 0 N–H and O–H groups in total. The fourth-order valence-electron chi connectivity index (χ4n) is 3.66. The van der Waals surface area contributed by atoms with Crippen LogP contribution in [0, 0.1) is 0 Å². The molecule has 3 nitrogen and oxygen atoms in total. The highest BCUT2D eigenvalue weighted by atomic mass is 16.5. The number of nitrogens with zero attached hydrogens (tertiary/aromatic N) is 2. The maximum absolute atomic E-state index is 5.72. The molecule has 23 heavy (non-hydrogen) atoms. The van der Waals surface area contributed by atoms with Crippen LogP contribution in [0.4, 0.5) is 5.69 Å². The molecule has 3 heteroatoms. The first-order chi connectivity index (χ1) is 11.3. The van der Waals surface area contributed by atoms with E-state index < -0.39 is 0 Å². The molecule has 2 aromatic carbocycles. The second-order valence-electron chi connectivity index (χ2n) is 6.50. The molecule has 4 rings (SSSR count). The van der Waals surface area contributed by atoms with E-state index in [9.17, 15) is 0 Å². The standard InChI is InChI=1S/C20H24N2O/c1-16(18-8-7-17-9-14-23-20(17)15-18)21-10-12-22(13-11-21)19-5-3-2-4-6-19/h2-8,15-16H,9-14H2,1H3. The Bertz CT molecular complexity index is 663. The van der Waals surface area contributed by atoms with Gasteiger partial charge in [-0.05, 0) is 36.2 Å². The zero-order chi connectivity index (χ0) is 15.6. The molecule has 1 fully saturated rings. The fraction of sp³-hybridized carbons (Fsp3) is 0.400.